The van der Waals surface area contributed by atoms with E-state index in [4.69, 9.17) is 33.2 Å². The fraction of sp³-hybridized carbons (Fsp3) is 0.875. The average molecular weight is 940 g/mol. The second-order valence-electron chi connectivity index (χ2n) is 17.4. The topological polar surface area (TPSA) is 354 Å². The van der Waals surface area contributed by atoms with Crippen molar-refractivity contribution < 1.29 is 98.0 Å². The maximum Gasteiger partial charge on any atom is 0.333 e. The second kappa shape index (κ2) is 24.2. The van der Waals surface area contributed by atoms with E-state index >= 15 is 0 Å². The summed E-state index contributed by atoms with van der Waals surface area (Å²) in [6.07, 6.45) is -26.5. The van der Waals surface area contributed by atoms with Crippen LogP contribution in [0, 0.1) is 11.8 Å². The van der Waals surface area contributed by atoms with Crippen LogP contribution >= 0.6 is 0 Å². The van der Waals surface area contributed by atoms with Crippen LogP contribution in [0.2, 0.25) is 0 Å². The SMILES string of the molecule is CCNC(=O)N(CCCN(C)C)C(=O)C1OC(OC2C(O)C(CO)OC(C)C2NC(C)=O)C(O)CC1OC1OC(CO)C(O)C(OC2OC(C(=O)O)C(C(C)C)C(O)C2O)C1NC(C)=O. The smallest absolute Gasteiger partial charge is 0.333 e. The van der Waals surface area contributed by atoms with Gasteiger partial charge in [0.1, 0.15) is 54.9 Å². The third-order valence-corrected chi connectivity index (χ3v) is 11.8. The van der Waals surface area contributed by atoms with Gasteiger partial charge in [0.15, 0.2) is 31.1 Å². The number of carboxylic acid groups (broad SMARTS) is 1. The van der Waals surface area contributed by atoms with Gasteiger partial charge in [-0.3, -0.25) is 19.3 Å². The molecule has 0 aromatic carbocycles. The largest absolute Gasteiger partial charge is 0.479 e. The van der Waals surface area contributed by atoms with E-state index in [1.54, 1.807) is 41.8 Å². The summed E-state index contributed by atoms with van der Waals surface area (Å²) >= 11 is 0. The molecule has 4 heterocycles. The Hall–Kier alpha value is -3.25. The van der Waals surface area contributed by atoms with Gasteiger partial charge < -0.3 is 94.9 Å². The molecule has 0 bridgehead atoms. The first-order valence-electron chi connectivity index (χ1n) is 21.8. The van der Waals surface area contributed by atoms with Crippen molar-refractivity contribution in [3.05, 3.63) is 0 Å². The highest BCUT2D eigenvalue weighted by atomic mass is 16.7. The first-order valence-corrected chi connectivity index (χ1v) is 21.8. The van der Waals surface area contributed by atoms with E-state index in [9.17, 15) is 64.8 Å². The zero-order chi connectivity index (χ0) is 48.6. The standard InChI is InChI=1S/C40H69N5O20/c1-9-41-40(58)45(12-10-11-44(7)8)35(55)31-21(13-20(50)37(62-31)64-33-25(42-18(5)48)17(4)59-22(14-46)27(33)51)60-38-26(43-19(6)49)34(28(52)23(15-47)61-38)65-39-30(54)29(53)24(16(2)3)32(63-39)36(56)57/h16-17,20-34,37-39,46-47,50-54H,9-15H2,1-8H3,(H,41,58)(H,42,48)(H,43,49)(H,56,57). The molecule has 65 heavy (non-hydrogen) atoms. The highest BCUT2D eigenvalue weighted by Crippen LogP contribution is 2.37. The molecule has 25 heteroatoms. The van der Waals surface area contributed by atoms with Crippen molar-refractivity contribution in [2.24, 2.45) is 11.8 Å². The lowest BCUT2D eigenvalue weighted by Gasteiger charge is -2.50. The third kappa shape index (κ3) is 13.3. The molecule has 19 unspecified atom stereocenters. The number of carbonyl (C=O) groups excluding carboxylic acids is 4. The van der Waals surface area contributed by atoms with Crippen molar-refractivity contribution in [1.82, 2.24) is 25.8 Å². The normalized spacial score (nSPS) is 38.8. The first-order chi connectivity index (χ1) is 30.6. The Balaban J connectivity index is 1.76. The third-order valence-electron chi connectivity index (χ3n) is 11.8. The molecule has 0 aromatic heterocycles. The molecule has 4 aliphatic rings. The van der Waals surface area contributed by atoms with E-state index in [0.29, 0.717) is 13.0 Å². The molecule has 5 amide bonds. The summed E-state index contributed by atoms with van der Waals surface area (Å²) in [7, 11) is 3.58. The Kier molecular flexibility index (Phi) is 20.2. The minimum atomic E-state index is -1.94. The quantitative estimate of drug-likeness (QED) is 0.0614. The van der Waals surface area contributed by atoms with Crippen molar-refractivity contribution in [2.45, 2.75) is 165 Å². The van der Waals surface area contributed by atoms with Gasteiger partial charge >= 0.3 is 12.0 Å². The number of rotatable bonds is 18. The molecule has 11 N–H and O–H groups in total. The van der Waals surface area contributed by atoms with Crippen molar-refractivity contribution in [1.29, 1.82) is 0 Å². The molecule has 19 atom stereocenters. The number of carboxylic acids is 1. The van der Waals surface area contributed by atoms with Gasteiger partial charge in [-0.2, -0.15) is 0 Å². The summed E-state index contributed by atoms with van der Waals surface area (Å²) in [5.41, 5.74) is 0. The molecule has 0 saturated carbocycles. The van der Waals surface area contributed by atoms with Crippen LogP contribution in [0.15, 0.2) is 0 Å². The number of aliphatic hydroxyl groups is 7. The van der Waals surface area contributed by atoms with Crippen LogP contribution in [0.5, 0.6) is 0 Å². The molecule has 4 saturated heterocycles. The Morgan fingerprint density at radius 1 is 0.723 bits per heavy atom. The number of ether oxygens (including phenoxy) is 7. The Bertz CT molecular complexity index is 1600. The predicted octanol–water partition coefficient (Wildman–Crippen LogP) is -4.84. The van der Waals surface area contributed by atoms with E-state index in [0.717, 1.165) is 11.8 Å². The molecule has 374 valence electrons. The van der Waals surface area contributed by atoms with Crippen LogP contribution in [-0.4, -0.2) is 238 Å². The predicted molar refractivity (Wildman–Crippen MR) is 219 cm³/mol. The average Bonchev–Trinajstić information content (AvgIpc) is 3.22. The lowest BCUT2D eigenvalue weighted by atomic mass is 9.80. The molecule has 0 radical (unpaired) electrons. The summed E-state index contributed by atoms with van der Waals surface area (Å²) < 4.78 is 41.9. The van der Waals surface area contributed by atoms with E-state index in [1.165, 1.54) is 6.92 Å². The minimum Gasteiger partial charge on any atom is -0.479 e. The van der Waals surface area contributed by atoms with Crippen molar-refractivity contribution in [3.8, 4) is 0 Å². The van der Waals surface area contributed by atoms with E-state index in [2.05, 4.69) is 16.0 Å². The second-order valence-corrected chi connectivity index (χ2v) is 17.4. The molecular formula is C40H69N5O20. The number of hydrogen-bond donors (Lipinski definition) is 11. The summed E-state index contributed by atoms with van der Waals surface area (Å²) in [4.78, 5) is 68.2. The molecular weight excluding hydrogens is 870 g/mol. The van der Waals surface area contributed by atoms with E-state index in [-0.39, 0.29) is 13.1 Å². The number of hydrogen-bond acceptors (Lipinski definition) is 20. The number of urea groups is 1. The number of nitrogens with one attached hydrogen (secondary N) is 3. The van der Waals surface area contributed by atoms with Crippen molar-refractivity contribution >= 4 is 29.7 Å². The van der Waals surface area contributed by atoms with Gasteiger partial charge in [-0.05, 0) is 46.8 Å². The van der Waals surface area contributed by atoms with Crippen LogP contribution in [-0.2, 0) is 52.3 Å². The van der Waals surface area contributed by atoms with Gasteiger partial charge in [-0.1, -0.05) is 13.8 Å². The Labute approximate surface area is 376 Å². The van der Waals surface area contributed by atoms with E-state index < -0.39 is 171 Å². The van der Waals surface area contributed by atoms with Gasteiger partial charge in [-0.25, -0.2) is 9.59 Å². The maximum atomic E-state index is 14.7. The van der Waals surface area contributed by atoms with Gasteiger partial charge in [0, 0.05) is 39.3 Å². The molecule has 4 aliphatic heterocycles. The number of nitrogens with zero attached hydrogens (tertiary/aromatic N) is 2. The number of aliphatic hydroxyl groups excluding tert-OH is 7. The Morgan fingerprint density at radius 2 is 1.28 bits per heavy atom. The van der Waals surface area contributed by atoms with Crippen molar-refractivity contribution in [3.63, 3.8) is 0 Å². The summed E-state index contributed by atoms with van der Waals surface area (Å²) in [5.74, 6) is -5.37. The monoisotopic (exact) mass is 939 g/mol. The van der Waals surface area contributed by atoms with Crippen LogP contribution < -0.4 is 16.0 Å². The lowest BCUT2D eigenvalue weighted by molar-refractivity contribution is -0.354. The number of amides is 5. The number of carbonyl (C=O) groups is 5. The zero-order valence-electron chi connectivity index (χ0n) is 37.9. The molecule has 4 rings (SSSR count). The van der Waals surface area contributed by atoms with Crippen LogP contribution in [0.4, 0.5) is 4.79 Å². The van der Waals surface area contributed by atoms with Gasteiger partial charge in [-0.15, -0.1) is 0 Å². The van der Waals surface area contributed by atoms with Crippen LogP contribution in [0.1, 0.15) is 54.4 Å². The number of aliphatic carboxylic acids is 1. The highest BCUT2D eigenvalue weighted by Gasteiger charge is 2.56. The number of imide groups is 1. The molecule has 25 nitrogen and oxygen atoms in total. The fourth-order valence-electron chi connectivity index (χ4n) is 8.58. The summed E-state index contributed by atoms with van der Waals surface area (Å²) in [6, 6.07) is -3.51. The molecule has 4 fully saturated rings. The maximum absolute atomic E-state index is 14.7. The van der Waals surface area contributed by atoms with Crippen LogP contribution in [0.3, 0.4) is 0 Å². The van der Waals surface area contributed by atoms with Gasteiger partial charge in [0.05, 0.1) is 37.6 Å². The Morgan fingerprint density at radius 3 is 1.82 bits per heavy atom. The molecule has 0 aromatic rings. The summed E-state index contributed by atoms with van der Waals surface area (Å²) in [5, 5.41) is 94.6. The van der Waals surface area contributed by atoms with Crippen LogP contribution in [0.25, 0.3) is 0 Å². The van der Waals surface area contributed by atoms with E-state index in [1.807, 2.05) is 4.90 Å². The molecule has 0 spiro atoms. The van der Waals surface area contributed by atoms with Crippen molar-refractivity contribution in [2.75, 3.05) is 46.9 Å². The fourth-order valence-corrected chi connectivity index (χ4v) is 8.58. The summed E-state index contributed by atoms with van der Waals surface area (Å²) in [6.45, 7) is 7.56. The van der Waals surface area contributed by atoms with Gasteiger partial charge in [0.25, 0.3) is 5.91 Å². The zero-order valence-corrected chi connectivity index (χ0v) is 37.9. The molecule has 0 aliphatic carbocycles. The minimum absolute atomic E-state index is 0.116. The lowest BCUT2D eigenvalue weighted by Crippen LogP contribution is -2.69. The highest BCUT2D eigenvalue weighted by molar-refractivity contribution is 5.97. The first kappa shape index (κ1) is 54.4. The van der Waals surface area contributed by atoms with Gasteiger partial charge in [0.2, 0.25) is 11.8 Å².